The molecule has 1 rings (SSSR count). The molecule has 0 saturated carbocycles. The number of nitrogens with two attached hydrogens (primary N) is 1. The van der Waals surface area contributed by atoms with Crippen LogP contribution in [0.3, 0.4) is 0 Å². The lowest BCUT2D eigenvalue weighted by Gasteiger charge is -2.32. The first kappa shape index (κ1) is 9.01. The topological polar surface area (TPSA) is 29.3 Å². The van der Waals surface area contributed by atoms with Gasteiger partial charge in [0.25, 0.3) is 0 Å². The van der Waals surface area contributed by atoms with Crippen LogP contribution in [0.5, 0.6) is 0 Å². The van der Waals surface area contributed by atoms with Gasteiger partial charge in [0, 0.05) is 12.6 Å². The summed E-state index contributed by atoms with van der Waals surface area (Å²) in [6.45, 7) is 4.64. The van der Waals surface area contributed by atoms with Gasteiger partial charge in [-0.1, -0.05) is 6.92 Å². The second kappa shape index (κ2) is 4.07. The van der Waals surface area contributed by atoms with Crippen LogP contribution in [0.4, 0.5) is 0 Å². The Kier molecular flexibility index (Phi) is 3.34. The number of hydrogen-bond donors (Lipinski definition) is 1. The molecule has 0 aliphatic carbocycles. The van der Waals surface area contributed by atoms with E-state index in [0.29, 0.717) is 6.04 Å². The van der Waals surface area contributed by atoms with Gasteiger partial charge in [0.2, 0.25) is 0 Å². The molecule has 0 aromatic heterocycles. The Morgan fingerprint density at radius 3 is 2.91 bits per heavy atom. The predicted molar refractivity (Wildman–Crippen MR) is 48.5 cm³/mol. The molecule has 1 heterocycles. The molecule has 11 heavy (non-hydrogen) atoms. The van der Waals surface area contributed by atoms with Gasteiger partial charge in [-0.3, -0.25) is 0 Å². The molecule has 2 N–H and O–H groups in total. The number of likely N-dealkylation sites (tertiary alicyclic amines) is 1. The van der Waals surface area contributed by atoms with Gasteiger partial charge in [-0.05, 0) is 38.8 Å². The predicted octanol–water partition coefficient (Wildman–Crippen LogP) is 1.07. The first-order valence-corrected chi connectivity index (χ1v) is 4.68. The van der Waals surface area contributed by atoms with Crippen LogP contribution >= 0.6 is 0 Å². The van der Waals surface area contributed by atoms with Crippen LogP contribution in [0.15, 0.2) is 0 Å². The lowest BCUT2D eigenvalue weighted by atomic mass is 9.90. The van der Waals surface area contributed by atoms with Crippen molar-refractivity contribution >= 4 is 0 Å². The minimum Gasteiger partial charge on any atom is -0.327 e. The lowest BCUT2D eigenvalue weighted by molar-refractivity contribution is 0.186. The maximum atomic E-state index is 5.98. The Hall–Kier alpha value is -0.0800. The van der Waals surface area contributed by atoms with Crippen LogP contribution in [0, 0.1) is 5.92 Å². The van der Waals surface area contributed by atoms with Crippen molar-refractivity contribution < 1.29 is 0 Å². The van der Waals surface area contributed by atoms with Crippen molar-refractivity contribution in [3.63, 3.8) is 0 Å². The summed E-state index contributed by atoms with van der Waals surface area (Å²) >= 11 is 0. The summed E-state index contributed by atoms with van der Waals surface area (Å²) in [5.74, 6) is 0.749. The first-order chi connectivity index (χ1) is 5.24. The summed E-state index contributed by atoms with van der Waals surface area (Å²) in [6, 6.07) is 0.428. The van der Waals surface area contributed by atoms with Crippen molar-refractivity contribution in [3.8, 4) is 0 Å². The molecule has 2 atom stereocenters. The standard InChI is InChI=1S/C9H20N2/c1-3-9(10)8-5-4-6-11(2)7-8/h8-9H,3-7,10H2,1-2H3. The summed E-state index contributed by atoms with van der Waals surface area (Å²) in [5, 5.41) is 0. The lowest BCUT2D eigenvalue weighted by Crippen LogP contribution is -2.41. The van der Waals surface area contributed by atoms with E-state index in [9.17, 15) is 0 Å². The van der Waals surface area contributed by atoms with Gasteiger partial charge in [-0.15, -0.1) is 0 Å². The van der Waals surface area contributed by atoms with E-state index in [0.717, 1.165) is 12.3 Å². The van der Waals surface area contributed by atoms with Gasteiger partial charge in [0.15, 0.2) is 0 Å². The van der Waals surface area contributed by atoms with E-state index in [-0.39, 0.29) is 0 Å². The Labute approximate surface area is 69.8 Å². The normalized spacial score (nSPS) is 30.3. The zero-order valence-corrected chi connectivity index (χ0v) is 7.71. The average molecular weight is 156 g/mol. The molecule has 0 aromatic rings. The molecule has 1 saturated heterocycles. The third-order valence-electron chi connectivity index (χ3n) is 2.74. The van der Waals surface area contributed by atoms with Crippen LogP contribution in [0.2, 0.25) is 0 Å². The van der Waals surface area contributed by atoms with E-state index >= 15 is 0 Å². The van der Waals surface area contributed by atoms with Crippen LogP contribution in [0.25, 0.3) is 0 Å². The Balaban J connectivity index is 2.33. The molecule has 0 bridgehead atoms. The molecule has 0 amide bonds. The minimum atomic E-state index is 0.428. The maximum absolute atomic E-state index is 5.98. The van der Waals surface area contributed by atoms with Gasteiger partial charge in [-0.2, -0.15) is 0 Å². The van der Waals surface area contributed by atoms with E-state index < -0.39 is 0 Å². The second-order valence-corrected chi connectivity index (χ2v) is 3.74. The van der Waals surface area contributed by atoms with E-state index in [2.05, 4.69) is 18.9 Å². The third kappa shape index (κ3) is 2.46. The van der Waals surface area contributed by atoms with Crippen molar-refractivity contribution in [2.45, 2.75) is 32.2 Å². The van der Waals surface area contributed by atoms with Crippen LogP contribution in [0.1, 0.15) is 26.2 Å². The molecule has 1 aliphatic rings. The number of rotatable bonds is 2. The Morgan fingerprint density at radius 1 is 1.64 bits per heavy atom. The number of hydrogen-bond acceptors (Lipinski definition) is 2. The third-order valence-corrected chi connectivity index (χ3v) is 2.74. The highest BCUT2D eigenvalue weighted by Gasteiger charge is 2.21. The molecular weight excluding hydrogens is 136 g/mol. The fourth-order valence-corrected chi connectivity index (χ4v) is 1.89. The largest absolute Gasteiger partial charge is 0.327 e. The van der Waals surface area contributed by atoms with Gasteiger partial charge < -0.3 is 10.6 Å². The monoisotopic (exact) mass is 156 g/mol. The SMILES string of the molecule is CCC(N)C1CCCN(C)C1. The van der Waals surface area contributed by atoms with Crippen LogP contribution < -0.4 is 5.73 Å². The van der Waals surface area contributed by atoms with E-state index in [1.807, 2.05) is 0 Å². The molecule has 0 radical (unpaired) electrons. The van der Waals surface area contributed by atoms with Crippen molar-refractivity contribution in [3.05, 3.63) is 0 Å². The van der Waals surface area contributed by atoms with Crippen LogP contribution in [-0.2, 0) is 0 Å². The van der Waals surface area contributed by atoms with Crippen molar-refractivity contribution in [1.29, 1.82) is 0 Å². The van der Waals surface area contributed by atoms with Crippen molar-refractivity contribution in [2.24, 2.45) is 11.7 Å². The second-order valence-electron chi connectivity index (χ2n) is 3.74. The summed E-state index contributed by atoms with van der Waals surface area (Å²) in [5.41, 5.74) is 5.98. The summed E-state index contributed by atoms with van der Waals surface area (Å²) in [4.78, 5) is 2.39. The van der Waals surface area contributed by atoms with Gasteiger partial charge in [-0.25, -0.2) is 0 Å². The quantitative estimate of drug-likeness (QED) is 0.648. The van der Waals surface area contributed by atoms with E-state index in [1.54, 1.807) is 0 Å². The van der Waals surface area contributed by atoms with Crippen LogP contribution in [-0.4, -0.2) is 31.1 Å². The Morgan fingerprint density at radius 2 is 2.36 bits per heavy atom. The molecule has 1 aliphatic heterocycles. The fourth-order valence-electron chi connectivity index (χ4n) is 1.89. The highest BCUT2D eigenvalue weighted by Crippen LogP contribution is 2.18. The molecule has 2 heteroatoms. The number of piperidine rings is 1. The van der Waals surface area contributed by atoms with Crippen molar-refractivity contribution in [1.82, 2.24) is 4.90 Å². The first-order valence-electron chi connectivity index (χ1n) is 4.68. The smallest absolute Gasteiger partial charge is 0.00767 e. The Bertz CT molecular complexity index is 114. The maximum Gasteiger partial charge on any atom is 0.00767 e. The highest BCUT2D eigenvalue weighted by molar-refractivity contribution is 4.78. The zero-order chi connectivity index (χ0) is 8.27. The molecule has 66 valence electrons. The molecule has 2 unspecified atom stereocenters. The molecular formula is C9H20N2. The summed E-state index contributed by atoms with van der Waals surface area (Å²) in [7, 11) is 2.19. The molecule has 1 fully saturated rings. The highest BCUT2D eigenvalue weighted by atomic mass is 15.1. The van der Waals surface area contributed by atoms with E-state index in [4.69, 9.17) is 5.73 Å². The van der Waals surface area contributed by atoms with Gasteiger partial charge >= 0.3 is 0 Å². The molecule has 0 spiro atoms. The van der Waals surface area contributed by atoms with E-state index in [1.165, 1.54) is 25.9 Å². The van der Waals surface area contributed by atoms with Gasteiger partial charge in [0.05, 0.1) is 0 Å². The zero-order valence-electron chi connectivity index (χ0n) is 7.71. The van der Waals surface area contributed by atoms with Crippen molar-refractivity contribution in [2.75, 3.05) is 20.1 Å². The van der Waals surface area contributed by atoms with Gasteiger partial charge in [0.1, 0.15) is 0 Å². The fraction of sp³-hybridized carbons (Fsp3) is 1.00. The molecule has 0 aromatic carbocycles. The average Bonchev–Trinajstić information content (AvgIpc) is 2.03. The molecule has 2 nitrogen and oxygen atoms in total. The minimum absolute atomic E-state index is 0.428. The number of nitrogens with zero attached hydrogens (tertiary/aromatic N) is 1. The summed E-state index contributed by atoms with van der Waals surface area (Å²) in [6.07, 6.45) is 3.78. The summed E-state index contributed by atoms with van der Waals surface area (Å²) < 4.78 is 0.